The van der Waals surface area contributed by atoms with Crippen LogP contribution in [0.1, 0.15) is 11.1 Å². The van der Waals surface area contributed by atoms with E-state index in [4.69, 9.17) is 0 Å². The Balaban J connectivity index is 1.98. The highest BCUT2D eigenvalue weighted by molar-refractivity contribution is 9.10. The molecule has 0 unspecified atom stereocenters. The molecular formula is C14H19BrN2O. The zero-order chi connectivity index (χ0) is 13.1. The number of hydrogen-bond donors (Lipinski definition) is 0. The number of carbonyl (C=O) groups excluding carboxylic acids is 1. The molecule has 0 saturated carbocycles. The molecule has 18 heavy (non-hydrogen) atoms. The molecule has 0 aromatic heterocycles. The normalized spacial score (nSPS) is 16.9. The van der Waals surface area contributed by atoms with Crippen molar-refractivity contribution in [2.24, 2.45) is 0 Å². The molecule has 2 rings (SSSR count). The van der Waals surface area contributed by atoms with Crippen LogP contribution in [-0.2, 0) is 11.2 Å². The number of carbonyl (C=O) groups is 1. The van der Waals surface area contributed by atoms with Gasteiger partial charge in [0.1, 0.15) is 0 Å². The Kier molecular flexibility index (Phi) is 4.40. The van der Waals surface area contributed by atoms with Crippen LogP contribution in [0.15, 0.2) is 22.7 Å². The highest BCUT2D eigenvalue weighted by Gasteiger charge is 2.19. The molecule has 4 heteroatoms. The first-order chi connectivity index (χ1) is 8.56. The second-order valence-corrected chi connectivity index (χ2v) is 5.85. The number of hydrogen-bond acceptors (Lipinski definition) is 2. The number of aryl methyl sites for hydroxylation is 1. The van der Waals surface area contributed by atoms with E-state index in [1.54, 1.807) is 0 Å². The van der Waals surface area contributed by atoms with Gasteiger partial charge in [-0.05, 0) is 37.2 Å². The quantitative estimate of drug-likeness (QED) is 0.835. The maximum absolute atomic E-state index is 12.2. The van der Waals surface area contributed by atoms with Crippen molar-refractivity contribution in [2.45, 2.75) is 13.3 Å². The third-order valence-corrected chi connectivity index (χ3v) is 4.00. The van der Waals surface area contributed by atoms with Crippen LogP contribution in [0, 0.1) is 6.92 Å². The van der Waals surface area contributed by atoms with Gasteiger partial charge in [-0.15, -0.1) is 0 Å². The van der Waals surface area contributed by atoms with Crippen molar-refractivity contribution in [3.8, 4) is 0 Å². The number of piperazine rings is 1. The summed E-state index contributed by atoms with van der Waals surface area (Å²) in [5.41, 5.74) is 2.30. The Morgan fingerprint density at radius 3 is 2.56 bits per heavy atom. The molecule has 0 spiro atoms. The highest BCUT2D eigenvalue weighted by atomic mass is 79.9. The van der Waals surface area contributed by atoms with Crippen LogP contribution in [0.5, 0.6) is 0 Å². The fourth-order valence-corrected chi connectivity index (χ4v) is 2.66. The smallest absolute Gasteiger partial charge is 0.227 e. The molecule has 0 atom stereocenters. The molecule has 1 saturated heterocycles. The fraction of sp³-hybridized carbons (Fsp3) is 0.500. The lowest BCUT2D eigenvalue weighted by Crippen LogP contribution is -2.47. The molecule has 0 N–H and O–H groups in total. The summed E-state index contributed by atoms with van der Waals surface area (Å²) in [6.45, 7) is 5.71. The van der Waals surface area contributed by atoms with Gasteiger partial charge in [-0.2, -0.15) is 0 Å². The van der Waals surface area contributed by atoms with Gasteiger partial charge < -0.3 is 9.80 Å². The van der Waals surface area contributed by atoms with E-state index in [2.05, 4.69) is 40.9 Å². The zero-order valence-electron chi connectivity index (χ0n) is 10.9. The average Bonchev–Trinajstić information content (AvgIpc) is 2.33. The van der Waals surface area contributed by atoms with E-state index in [0.717, 1.165) is 36.2 Å². The monoisotopic (exact) mass is 310 g/mol. The van der Waals surface area contributed by atoms with E-state index < -0.39 is 0 Å². The zero-order valence-corrected chi connectivity index (χ0v) is 12.5. The van der Waals surface area contributed by atoms with Crippen LogP contribution in [0.2, 0.25) is 0 Å². The topological polar surface area (TPSA) is 23.6 Å². The summed E-state index contributed by atoms with van der Waals surface area (Å²) in [5, 5.41) is 0. The lowest BCUT2D eigenvalue weighted by atomic mass is 10.1. The minimum atomic E-state index is 0.244. The van der Waals surface area contributed by atoms with Crippen molar-refractivity contribution in [1.82, 2.24) is 9.80 Å². The lowest BCUT2D eigenvalue weighted by Gasteiger charge is -2.32. The third kappa shape index (κ3) is 3.33. The standard InChI is InChI=1S/C14H19BrN2O/c1-11-9-13(15)4-3-12(11)10-14(18)17-7-5-16(2)6-8-17/h3-4,9H,5-8,10H2,1-2H3. The molecule has 1 aliphatic rings. The largest absolute Gasteiger partial charge is 0.340 e. The van der Waals surface area contributed by atoms with Gasteiger partial charge >= 0.3 is 0 Å². The van der Waals surface area contributed by atoms with E-state index in [-0.39, 0.29) is 5.91 Å². The minimum Gasteiger partial charge on any atom is -0.340 e. The number of benzene rings is 1. The molecule has 0 bridgehead atoms. The lowest BCUT2D eigenvalue weighted by molar-refractivity contribution is -0.132. The molecule has 1 heterocycles. The Hall–Kier alpha value is -0.870. The van der Waals surface area contributed by atoms with Crippen LogP contribution in [0.25, 0.3) is 0 Å². The third-order valence-electron chi connectivity index (χ3n) is 3.50. The van der Waals surface area contributed by atoms with Crippen molar-refractivity contribution in [3.05, 3.63) is 33.8 Å². The van der Waals surface area contributed by atoms with Crippen molar-refractivity contribution >= 4 is 21.8 Å². The maximum Gasteiger partial charge on any atom is 0.227 e. The molecule has 1 amide bonds. The Morgan fingerprint density at radius 2 is 1.94 bits per heavy atom. The molecule has 1 fully saturated rings. The number of nitrogens with zero attached hydrogens (tertiary/aromatic N) is 2. The number of halogens is 1. The molecule has 0 aliphatic carbocycles. The van der Waals surface area contributed by atoms with E-state index in [0.29, 0.717) is 6.42 Å². The van der Waals surface area contributed by atoms with Crippen LogP contribution in [-0.4, -0.2) is 48.9 Å². The second kappa shape index (κ2) is 5.85. The minimum absolute atomic E-state index is 0.244. The van der Waals surface area contributed by atoms with Gasteiger partial charge in [-0.1, -0.05) is 22.0 Å². The van der Waals surface area contributed by atoms with Gasteiger partial charge in [0.25, 0.3) is 0 Å². The summed E-state index contributed by atoms with van der Waals surface area (Å²) in [5.74, 6) is 0.244. The molecule has 1 aliphatic heterocycles. The van der Waals surface area contributed by atoms with Gasteiger partial charge in [0, 0.05) is 30.7 Å². The first kappa shape index (κ1) is 13.6. The van der Waals surface area contributed by atoms with Crippen molar-refractivity contribution in [2.75, 3.05) is 33.2 Å². The van der Waals surface area contributed by atoms with Crippen molar-refractivity contribution in [1.29, 1.82) is 0 Å². The van der Waals surface area contributed by atoms with Crippen LogP contribution in [0.3, 0.4) is 0 Å². The number of rotatable bonds is 2. The maximum atomic E-state index is 12.2. The molecule has 1 aromatic rings. The van der Waals surface area contributed by atoms with Crippen molar-refractivity contribution in [3.63, 3.8) is 0 Å². The molecule has 1 aromatic carbocycles. The Labute approximate surface area is 117 Å². The van der Waals surface area contributed by atoms with E-state index >= 15 is 0 Å². The fourth-order valence-electron chi connectivity index (χ4n) is 2.19. The second-order valence-electron chi connectivity index (χ2n) is 4.93. The SMILES string of the molecule is Cc1cc(Br)ccc1CC(=O)N1CCN(C)CC1. The highest BCUT2D eigenvalue weighted by Crippen LogP contribution is 2.17. The molecular weight excluding hydrogens is 292 g/mol. The molecule has 3 nitrogen and oxygen atoms in total. The van der Waals surface area contributed by atoms with Gasteiger partial charge in [-0.3, -0.25) is 4.79 Å². The van der Waals surface area contributed by atoms with Crippen LogP contribution >= 0.6 is 15.9 Å². The molecule has 0 radical (unpaired) electrons. The number of amides is 1. The molecule has 98 valence electrons. The van der Waals surface area contributed by atoms with Gasteiger partial charge in [0.15, 0.2) is 0 Å². The first-order valence-corrected chi connectivity index (χ1v) is 7.07. The Morgan fingerprint density at radius 1 is 1.28 bits per heavy atom. The summed E-state index contributed by atoms with van der Waals surface area (Å²) in [6.07, 6.45) is 0.517. The summed E-state index contributed by atoms with van der Waals surface area (Å²) in [7, 11) is 2.10. The van der Waals surface area contributed by atoms with E-state index in [9.17, 15) is 4.79 Å². The van der Waals surface area contributed by atoms with E-state index in [1.165, 1.54) is 5.56 Å². The van der Waals surface area contributed by atoms with Crippen LogP contribution in [0.4, 0.5) is 0 Å². The van der Waals surface area contributed by atoms with Crippen LogP contribution < -0.4 is 0 Å². The van der Waals surface area contributed by atoms with Gasteiger partial charge in [0.2, 0.25) is 5.91 Å². The van der Waals surface area contributed by atoms with E-state index in [1.807, 2.05) is 17.0 Å². The summed E-state index contributed by atoms with van der Waals surface area (Å²) in [6, 6.07) is 6.10. The predicted octanol–water partition coefficient (Wildman–Crippen LogP) is 2.07. The average molecular weight is 311 g/mol. The van der Waals surface area contributed by atoms with Crippen molar-refractivity contribution < 1.29 is 4.79 Å². The predicted molar refractivity (Wildman–Crippen MR) is 76.7 cm³/mol. The van der Waals surface area contributed by atoms with Gasteiger partial charge in [0.05, 0.1) is 6.42 Å². The van der Waals surface area contributed by atoms with Gasteiger partial charge in [-0.25, -0.2) is 0 Å². The Bertz CT molecular complexity index is 439. The number of likely N-dealkylation sites (N-methyl/N-ethyl adjacent to an activating group) is 1. The summed E-state index contributed by atoms with van der Waals surface area (Å²) < 4.78 is 1.07. The first-order valence-electron chi connectivity index (χ1n) is 6.27. The summed E-state index contributed by atoms with van der Waals surface area (Å²) >= 11 is 3.44. The summed E-state index contributed by atoms with van der Waals surface area (Å²) in [4.78, 5) is 16.4.